The molecular formula is C37H49NO3. The van der Waals surface area contributed by atoms with Gasteiger partial charge in [0.1, 0.15) is 5.75 Å². The van der Waals surface area contributed by atoms with Crippen LogP contribution in [0.15, 0.2) is 107 Å². The third-order valence-corrected chi connectivity index (χ3v) is 7.23. The van der Waals surface area contributed by atoms with Crippen LogP contribution >= 0.6 is 0 Å². The van der Waals surface area contributed by atoms with Crippen molar-refractivity contribution in [3.8, 4) is 5.75 Å². The van der Waals surface area contributed by atoms with Crippen LogP contribution in [0.25, 0.3) is 0 Å². The molecule has 1 aromatic carbocycles. The Morgan fingerprint density at radius 2 is 1.56 bits per heavy atom. The Morgan fingerprint density at radius 1 is 0.927 bits per heavy atom. The lowest BCUT2D eigenvalue weighted by Crippen LogP contribution is -2.24. The standard InChI is InChI=1S/C37H49NO3/c1-8-9-10-11-26-41-33-21-19-32(20-22-33)38-36(40)27-30(4)17-13-15-28(2)14-12-16-29(3)18-23-34-31(5)35(39)24-25-37(34,6)7/h12-23,27H,8-11,24-26H2,1-7H3,(H,38,40)/b14-12+,17-13+,23-18+,28-15+,29-16+,30-27+. The first-order valence-electron chi connectivity index (χ1n) is 14.9. The summed E-state index contributed by atoms with van der Waals surface area (Å²) in [5, 5.41) is 2.90. The highest BCUT2D eigenvalue weighted by Crippen LogP contribution is 2.39. The number of carbonyl (C=O) groups is 2. The zero-order valence-corrected chi connectivity index (χ0v) is 26.2. The summed E-state index contributed by atoms with van der Waals surface area (Å²) < 4.78 is 5.76. The molecule has 0 radical (unpaired) electrons. The lowest BCUT2D eigenvalue weighted by atomic mass is 9.72. The van der Waals surface area contributed by atoms with Gasteiger partial charge in [-0.15, -0.1) is 0 Å². The molecule has 2 rings (SSSR count). The lowest BCUT2D eigenvalue weighted by Gasteiger charge is -2.32. The molecule has 41 heavy (non-hydrogen) atoms. The van der Waals surface area contributed by atoms with Crippen molar-refractivity contribution < 1.29 is 14.3 Å². The Labute approximate surface area is 248 Å². The fraction of sp³-hybridized carbons (Fsp3) is 0.405. The molecule has 220 valence electrons. The topological polar surface area (TPSA) is 55.4 Å². The second-order valence-corrected chi connectivity index (χ2v) is 11.5. The van der Waals surface area contributed by atoms with Gasteiger partial charge in [-0.05, 0) is 86.9 Å². The number of amides is 1. The van der Waals surface area contributed by atoms with E-state index in [1.807, 2.05) is 75.4 Å². The fourth-order valence-corrected chi connectivity index (χ4v) is 4.57. The molecule has 1 amide bonds. The van der Waals surface area contributed by atoms with Crippen molar-refractivity contribution in [2.24, 2.45) is 5.41 Å². The summed E-state index contributed by atoms with van der Waals surface area (Å²) in [4.78, 5) is 24.5. The molecule has 0 saturated carbocycles. The number of hydrogen-bond acceptors (Lipinski definition) is 3. The van der Waals surface area contributed by atoms with Crippen molar-refractivity contribution in [1.29, 1.82) is 0 Å². The van der Waals surface area contributed by atoms with Crippen LogP contribution in [0.2, 0.25) is 0 Å². The van der Waals surface area contributed by atoms with Crippen LogP contribution in [0.1, 0.15) is 87.0 Å². The number of unbranched alkanes of at least 4 members (excludes halogenated alkanes) is 3. The first kappa shape index (κ1) is 33.5. The summed E-state index contributed by atoms with van der Waals surface area (Å²) in [5.41, 5.74) is 5.86. The average Bonchev–Trinajstić information content (AvgIpc) is 2.91. The number of ketones is 1. The molecule has 0 atom stereocenters. The number of benzene rings is 1. The summed E-state index contributed by atoms with van der Waals surface area (Å²) in [6.07, 6.45) is 24.0. The minimum absolute atomic E-state index is 0.0253. The highest BCUT2D eigenvalue weighted by atomic mass is 16.5. The van der Waals surface area contributed by atoms with E-state index >= 15 is 0 Å². The molecule has 0 aliphatic heterocycles. The quantitative estimate of drug-likeness (QED) is 0.141. The maximum absolute atomic E-state index is 12.4. The molecule has 4 heteroatoms. The molecule has 1 N–H and O–H groups in total. The number of nitrogens with one attached hydrogen (secondary N) is 1. The van der Waals surface area contributed by atoms with Gasteiger partial charge in [0.05, 0.1) is 6.61 Å². The van der Waals surface area contributed by atoms with Gasteiger partial charge < -0.3 is 10.1 Å². The minimum atomic E-state index is -0.165. The molecule has 0 saturated heterocycles. The monoisotopic (exact) mass is 555 g/mol. The van der Waals surface area contributed by atoms with Gasteiger partial charge in [0.25, 0.3) is 0 Å². The van der Waals surface area contributed by atoms with Crippen LogP contribution in [-0.2, 0) is 9.59 Å². The van der Waals surface area contributed by atoms with Gasteiger partial charge in [-0.2, -0.15) is 0 Å². The first-order chi connectivity index (χ1) is 19.5. The molecule has 1 aliphatic carbocycles. The summed E-state index contributed by atoms with van der Waals surface area (Å²) in [6.45, 7) is 15.3. The maximum Gasteiger partial charge on any atom is 0.248 e. The molecule has 0 spiro atoms. The van der Waals surface area contributed by atoms with E-state index in [1.165, 1.54) is 19.3 Å². The summed E-state index contributed by atoms with van der Waals surface area (Å²) in [5.74, 6) is 0.914. The van der Waals surface area contributed by atoms with E-state index in [1.54, 1.807) is 6.08 Å². The molecular weight excluding hydrogens is 506 g/mol. The second-order valence-electron chi connectivity index (χ2n) is 11.5. The van der Waals surface area contributed by atoms with Gasteiger partial charge in [0.2, 0.25) is 5.91 Å². The van der Waals surface area contributed by atoms with Crippen molar-refractivity contribution in [3.05, 3.63) is 107 Å². The Kier molecular flexibility index (Phi) is 14.1. The molecule has 0 heterocycles. The molecule has 1 aliphatic rings. The van der Waals surface area contributed by atoms with E-state index in [0.29, 0.717) is 6.42 Å². The van der Waals surface area contributed by atoms with Crippen LogP contribution in [0.5, 0.6) is 5.75 Å². The smallest absolute Gasteiger partial charge is 0.248 e. The Morgan fingerprint density at radius 3 is 2.22 bits per heavy atom. The predicted molar refractivity (Wildman–Crippen MR) is 174 cm³/mol. The van der Waals surface area contributed by atoms with Gasteiger partial charge in [0.15, 0.2) is 5.78 Å². The number of rotatable bonds is 14. The van der Waals surface area contributed by atoms with Crippen LogP contribution in [0.4, 0.5) is 5.69 Å². The number of hydrogen-bond donors (Lipinski definition) is 1. The van der Waals surface area contributed by atoms with Crippen LogP contribution < -0.4 is 10.1 Å². The summed E-state index contributed by atoms with van der Waals surface area (Å²) >= 11 is 0. The SMILES string of the molecule is CCCCCCOc1ccc(NC(=O)/C=C(C)/C=C/C=C(C)/C=C/C=C(C)/C=C/C2=C(C)C(=O)CCC2(C)C)cc1. The molecule has 0 unspecified atom stereocenters. The fourth-order valence-electron chi connectivity index (χ4n) is 4.57. The number of carbonyl (C=O) groups excluding carboxylic acids is 2. The number of anilines is 1. The maximum atomic E-state index is 12.4. The highest BCUT2D eigenvalue weighted by molar-refractivity contribution is 6.00. The minimum Gasteiger partial charge on any atom is -0.494 e. The van der Waals surface area contributed by atoms with Crippen LogP contribution in [0, 0.1) is 5.41 Å². The van der Waals surface area contributed by atoms with Crippen molar-refractivity contribution in [2.75, 3.05) is 11.9 Å². The van der Waals surface area contributed by atoms with Crippen molar-refractivity contribution in [3.63, 3.8) is 0 Å². The zero-order valence-electron chi connectivity index (χ0n) is 26.2. The first-order valence-corrected chi connectivity index (χ1v) is 14.9. The van der Waals surface area contributed by atoms with Gasteiger partial charge >= 0.3 is 0 Å². The highest BCUT2D eigenvalue weighted by Gasteiger charge is 2.30. The Bertz CT molecular complexity index is 1250. The van der Waals surface area contributed by atoms with Crippen molar-refractivity contribution in [1.82, 2.24) is 0 Å². The number of Topliss-reactive ketones (excluding diaryl/α,β-unsaturated/α-hetero) is 1. The van der Waals surface area contributed by atoms with Crippen molar-refractivity contribution >= 4 is 17.4 Å². The van der Waals surface area contributed by atoms with Gasteiger partial charge in [-0.3, -0.25) is 9.59 Å². The molecule has 0 bridgehead atoms. The van der Waals surface area contributed by atoms with Gasteiger partial charge in [-0.1, -0.05) is 99.8 Å². The average molecular weight is 556 g/mol. The zero-order chi connectivity index (χ0) is 30.3. The molecule has 0 aromatic heterocycles. The van der Waals surface area contributed by atoms with Crippen LogP contribution in [-0.4, -0.2) is 18.3 Å². The van der Waals surface area contributed by atoms with Crippen molar-refractivity contribution in [2.45, 2.75) is 87.0 Å². The third-order valence-electron chi connectivity index (χ3n) is 7.23. The Hall–Kier alpha value is -3.66. The summed E-state index contributed by atoms with van der Waals surface area (Å²) in [6, 6.07) is 7.49. The largest absolute Gasteiger partial charge is 0.494 e. The van der Waals surface area contributed by atoms with Gasteiger partial charge in [-0.25, -0.2) is 0 Å². The third kappa shape index (κ3) is 12.6. The summed E-state index contributed by atoms with van der Waals surface area (Å²) in [7, 11) is 0. The Balaban J connectivity index is 1.85. The van der Waals surface area contributed by atoms with E-state index in [0.717, 1.165) is 58.8 Å². The van der Waals surface area contributed by atoms with Crippen LogP contribution in [0.3, 0.4) is 0 Å². The van der Waals surface area contributed by atoms with E-state index in [4.69, 9.17) is 4.74 Å². The van der Waals surface area contributed by atoms with E-state index in [2.05, 4.69) is 51.2 Å². The molecule has 1 aromatic rings. The van der Waals surface area contributed by atoms with E-state index in [9.17, 15) is 9.59 Å². The number of allylic oxidation sites excluding steroid dienone is 13. The van der Waals surface area contributed by atoms with E-state index in [-0.39, 0.29) is 17.1 Å². The predicted octanol–water partition coefficient (Wildman–Crippen LogP) is 9.80. The second kappa shape index (κ2) is 17.2. The lowest BCUT2D eigenvalue weighted by molar-refractivity contribution is -0.116. The molecule has 0 fully saturated rings. The number of ether oxygens (including phenoxy) is 1. The normalized spacial score (nSPS) is 16.9. The van der Waals surface area contributed by atoms with Gasteiger partial charge in [0, 0.05) is 18.2 Å². The molecule has 4 nitrogen and oxygen atoms in total. The van der Waals surface area contributed by atoms with E-state index < -0.39 is 0 Å².